The summed E-state index contributed by atoms with van der Waals surface area (Å²) in [4.78, 5) is 10.8. The van der Waals surface area contributed by atoms with E-state index in [0.29, 0.717) is 6.61 Å². The van der Waals surface area contributed by atoms with Crippen molar-refractivity contribution in [1.82, 2.24) is 0 Å². The highest BCUT2D eigenvalue weighted by atomic mass is 127. The van der Waals surface area contributed by atoms with Crippen LogP contribution in [0.1, 0.15) is 13.3 Å². The van der Waals surface area contributed by atoms with E-state index in [0.717, 1.165) is 7.98 Å². The zero-order valence-corrected chi connectivity index (χ0v) is 13.4. The number of esters is 1. The molecule has 0 aliphatic carbocycles. The van der Waals surface area contributed by atoms with Crippen LogP contribution in [-0.4, -0.2) is 23.7 Å². The van der Waals surface area contributed by atoms with Crippen LogP contribution in [0.2, 0.25) is 6.04 Å². The minimum Gasteiger partial charge on any atom is -0.463 e. The summed E-state index contributed by atoms with van der Waals surface area (Å²) in [6.45, 7) is 2.39. The first-order valence-corrected chi connectivity index (χ1v) is 8.55. The highest BCUT2D eigenvalue weighted by molar-refractivity contribution is 14.2. The first-order valence-electron chi connectivity index (χ1n) is 4.24. The second kappa shape index (κ2) is 9.44. The van der Waals surface area contributed by atoms with Gasteiger partial charge < -0.3 is 4.74 Å². The molecule has 5 heteroatoms. The van der Waals surface area contributed by atoms with E-state index in [4.69, 9.17) is 4.74 Å². The standard InChI is InChI=1S/C8H14I2O2Si/c1-2-4-7(11)12-5-3-6-13-8(9)10/h2,4,8H,3,5-6,13H2,1H3. The summed E-state index contributed by atoms with van der Waals surface area (Å²) in [6, 6.07) is 1.26. The third kappa shape index (κ3) is 10.8. The number of rotatable bonds is 6. The van der Waals surface area contributed by atoms with Gasteiger partial charge in [-0.05, 0) is 13.3 Å². The third-order valence-electron chi connectivity index (χ3n) is 1.36. The Hall–Kier alpha value is 0.887. The van der Waals surface area contributed by atoms with Crippen LogP contribution >= 0.6 is 45.2 Å². The van der Waals surface area contributed by atoms with E-state index in [1.165, 1.54) is 12.1 Å². The highest BCUT2D eigenvalue weighted by Gasteiger charge is 1.99. The molecule has 0 aliphatic heterocycles. The molecule has 0 saturated heterocycles. The first-order chi connectivity index (χ1) is 6.16. The maximum atomic E-state index is 10.8. The van der Waals surface area contributed by atoms with E-state index >= 15 is 0 Å². The summed E-state index contributed by atoms with van der Waals surface area (Å²) in [7, 11) is 0.0537. The Balaban J connectivity index is 3.21. The zero-order chi connectivity index (χ0) is 10.1. The number of carbonyl (C=O) groups is 1. The van der Waals surface area contributed by atoms with Gasteiger partial charge in [-0.15, -0.1) is 0 Å². The number of carbonyl (C=O) groups excluding carboxylic acids is 1. The second-order valence-electron chi connectivity index (χ2n) is 2.55. The highest BCUT2D eigenvalue weighted by Crippen LogP contribution is 2.09. The van der Waals surface area contributed by atoms with Crippen LogP contribution in [0.5, 0.6) is 0 Å². The Morgan fingerprint density at radius 3 is 2.85 bits per heavy atom. The summed E-state index contributed by atoms with van der Waals surface area (Å²) in [5.74, 6) is -0.218. The molecule has 0 amide bonds. The lowest BCUT2D eigenvalue weighted by Crippen LogP contribution is -2.05. The third-order valence-corrected chi connectivity index (χ3v) is 6.45. The minimum atomic E-state index is -0.218. The van der Waals surface area contributed by atoms with Crippen LogP contribution in [0.3, 0.4) is 0 Å². The van der Waals surface area contributed by atoms with Crippen LogP contribution in [0.4, 0.5) is 0 Å². The van der Waals surface area contributed by atoms with E-state index in [9.17, 15) is 4.79 Å². The van der Waals surface area contributed by atoms with E-state index < -0.39 is 0 Å². The van der Waals surface area contributed by atoms with Crippen molar-refractivity contribution in [3.05, 3.63) is 12.2 Å². The van der Waals surface area contributed by atoms with Crippen molar-refractivity contribution in [3.63, 3.8) is 0 Å². The molecule has 0 saturated carbocycles. The lowest BCUT2D eigenvalue weighted by molar-refractivity contribution is -0.137. The van der Waals surface area contributed by atoms with Gasteiger partial charge in [-0.3, -0.25) is 0 Å². The summed E-state index contributed by atoms with van der Waals surface area (Å²) in [5, 5.41) is 0. The second-order valence-corrected chi connectivity index (χ2v) is 13.4. The van der Waals surface area contributed by atoms with Crippen molar-refractivity contribution >= 4 is 60.7 Å². The molecule has 76 valence electrons. The largest absolute Gasteiger partial charge is 0.463 e. The van der Waals surface area contributed by atoms with E-state index in [-0.39, 0.29) is 15.5 Å². The molecule has 0 rings (SSSR count). The number of allylic oxidation sites excluding steroid dienone is 1. The van der Waals surface area contributed by atoms with Gasteiger partial charge in [0, 0.05) is 17.2 Å². The fourth-order valence-corrected chi connectivity index (χ4v) is 4.20. The molecule has 0 aromatic carbocycles. The number of alkyl halides is 2. The molecule has 0 spiro atoms. The van der Waals surface area contributed by atoms with Gasteiger partial charge >= 0.3 is 5.97 Å². The van der Waals surface area contributed by atoms with Crippen LogP contribution in [-0.2, 0) is 9.53 Å². The summed E-state index contributed by atoms with van der Waals surface area (Å²) in [5.41, 5.74) is 0. The van der Waals surface area contributed by atoms with Gasteiger partial charge in [0.15, 0.2) is 0 Å². The molecule has 0 aromatic heterocycles. The lowest BCUT2D eigenvalue weighted by Gasteiger charge is -2.01. The molecule has 0 radical (unpaired) electrons. The number of hydrogen-bond acceptors (Lipinski definition) is 2. The molecule has 0 heterocycles. The predicted molar refractivity (Wildman–Crippen MR) is 75.6 cm³/mol. The quantitative estimate of drug-likeness (QED) is 0.163. The molecule has 2 nitrogen and oxygen atoms in total. The summed E-state index contributed by atoms with van der Waals surface area (Å²) >= 11 is 4.90. The average molecular weight is 424 g/mol. The maximum Gasteiger partial charge on any atom is 0.330 e. The normalized spacial score (nSPS) is 12.0. The lowest BCUT2D eigenvalue weighted by atomic mass is 10.5. The Bertz CT molecular complexity index is 172. The van der Waals surface area contributed by atoms with Crippen molar-refractivity contribution in [3.8, 4) is 0 Å². The topological polar surface area (TPSA) is 26.3 Å². The van der Waals surface area contributed by atoms with E-state index in [2.05, 4.69) is 45.2 Å². The zero-order valence-electron chi connectivity index (χ0n) is 7.63. The molecular formula is C8H14I2O2Si. The monoisotopic (exact) mass is 424 g/mol. The molecule has 0 bridgehead atoms. The minimum absolute atomic E-state index is 0.0537. The summed E-state index contributed by atoms with van der Waals surface area (Å²) < 4.78 is 5.78. The van der Waals surface area contributed by atoms with Crippen molar-refractivity contribution in [1.29, 1.82) is 0 Å². The Morgan fingerprint density at radius 2 is 2.31 bits per heavy atom. The van der Waals surface area contributed by atoms with Gasteiger partial charge in [0.05, 0.1) is 6.61 Å². The smallest absolute Gasteiger partial charge is 0.330 e. The Labute approximate surface area is 109 Å². The number of ether oxygens (including phenoxy) is 1. The van der Waals surface area contributed by atoms with Crippen molar-refractivity contribution in [2.45, 2.75) is 20.9 Å². The molecule has 0 fully saturated rings. The molecule has 0 atom stereocenters. The first kappa shape index (κ1) is 13.9. The van der Waals surface area contributed by atoms with Crippen LogP contribution in [0.15, 0.2) is 12.2 Å². The van der Waals surface area contributed by atoms with E-state index in [1.807, 2.05) is 6.92 Å². The molecule has 0 aromatic rings. The molecular weight excluding hydrogens is 410 g/mol. The fourth-order valence-electron chi connectivity index (χ4n) is 0.758. The van der Waals surface area contributed by atoms with Crippen molar-refractivity contribution in [2.24, 2.45) is 0 Å². The Morgan fingerprint density at radius 1 is 1.62 bits per heavy atom. The molecule has 0 N–H and O–H groups in total. The van der Waals surface area contributed by atoms with Gasteiger partial charge in [0.2, 0.25) is 0 Å². The van der Waals surface area contributed by atoms with Crippen molar-refractivity contribution in [2.75, 3.05) is 6.61 Å². The van der Waals surface area contributed by atoms with Crippen LogP contribution < -0.4 is 0 Å². The predicted octanol–water partition coefficient (Wildman–Crippen LogP) is 2.24. The number of halogens is 2. The maximum absolute atomic E-state index is 10.8. The Kier molecular flexibility index (Phi) is 10.1. The molecule has 0 unspecified atom stereocenters. The average Bonchev–Trinajstić information content (AvgIpc) is 2.03. The van der Waals surface area contributed by atoms with Gasteiger partial charge in [0.1, 0.15) is 0 Å². The van der Waals surface area contributed by atoms with Crippen LogP contribution in [0.25, 0.3) is 0 Å². The van der Waals surface area contributed by atoms with Gasteiger partial charge in [-0.1, -0.05) is 57.3 Å². The number of hydrogen-bond donors (Lipinski definition) is 0. The fraction of sp³-hybridized carbons (Fsp3) is 0.625. The van der Waals surface area contributed by atoms with Crippen molar-refractivity contribution < 1.29 is 9.53 Å². The van der Waals surface area contributed by atoms with Gasteiger partial charge in [-0.2, -0.15) is 0 Å². The SMILES string of the molecule is CC=CC(=O)OCCC[SiH2]C(I)I. The van der Waals surface area contributed by atoms with Crippen LogP contribution in [0, 0.1) is 0 Å². The van der Waals surface area contributed by atoms with E-state index in [1.54, 1.807) is 6.08 Å². The summed E-state index contributed by atoms with van der Waals surface area (Å²) in [6.07, 6.45) is 4.18. The van der Waals surface area contributed by atoms with Gasteiger partial charge in [-0.25, -0.2) is 4.79 Å². The molecule has 0 aliphatic rings. The molecule has 13 heavy (non-hydrogen) atoms. The van der Waals surface area contributed by atoms with Gasteiger partial charge in [0.25, 0.3) is 0 Å².